The van der Waals surface area contributed by atoms with Crippen molar-refractivity contribution in [2.45, 2.75) is 76.7 Å². The predicted molar refractivity (Wildman–Crippen MR) is 165 cm³/mol. The van der Waals surface area contributed by atoms with Gasteiger partial charge in [0.05, 0.1) is 10.7 Å². The molecule has 8 heteroatoms. The first-order chi connectivity index (χ1) is 20.4. The third-order valence-corrected chi connectivity index (χ3v) is 9.37. The van der Waals surface area contributed by atoms with Crippen LogP contribution in [0.5, 0.6) is 11.5 Å². The number of halogens is 1. The highest BCUT2D eigenvalue weighted by atomic mass is 35.5. The summed E-state index contributed by atoms with van der Waals surface area (Å²) in [6, 6.07) is 14.0. The Kier molecular flexibility index (Phi) is 8.59. The largest absolute Gasteiger partial charge is 0.486 e. The SMILES string of the molecule is CC[C@@H](Oc1ccc([C@H]2CCN(C)c3cc4c(cc3O2)CN(CC2CCCC2)[C@H](C(=O)O)C4)cc1)c1cncc(Cl)c1. The Morgan fingerprint density at radius 1 is 1.12 bits per heavy atom. The van der Waals surface area contributed by atoms with Crippen molar-refractivity contribution in [2.24, 2.45) is 5.92 Å². The van der Waals surface area contributed by atoms with Gasteiger partial charge in [-0.1, -0.05) is 43.5 Å². The van der Waals surface area contributed by atoms with E-state index in [1.54, 1.807) is 12.4 Å². The number of hydrogen-bond acceptors (Lipinski definition) is 6. The van der Waals surface area contributed by atoms with Gasteiger partial charge in [-0.2, -0.15) is 0 Å². The van der Waals surface area contributed by atoms with Crippen LogP contribution < -0.4 is 14.4 Å². The van der Waals surface area contributed by atoms with E-state index in [1.165, 1.54) is 31.2 Å². The van der Waals surface area contributed by atoms with Crippen molar-refractivity contribution in [3.05, 3.63) is 82.1 Å². The zero-order chi connectivity index (χ0) is 29.2. The van der Waals surface area contributed by atoms with E-state index in [9.17, 15) is 9.90 Å². The molecule has 0 bridgehead atoms. The van der Waals surface area contributed by atoms with Gasteiger partial charge >= 0.3 is 5.97 Å². The second-order valence-electron chi connectivity index (χ2n) is 12.1. The number of carboxylic acid groups (broad SMARTS) is 1. The van der Waals surface area contributed by atoms with Gasteiger partial charge in [-0.3, -0.25) is 14.7 Å². The van der Waals surface area contributed by atoms with Crippen molar-refractivity contribution in [1.29, 1.82) is 0 Å². The number of aromatic nitrogens is 1. The molecule has 42 heavy (non-hydrogen) atoms. The molecule has 2 aliphatic heterocycles. The van der Waals surface area contributed by atoms with Gasteiger partial charge < -0.3 is 19.5 Å². The molecule has 1 aromatic heterocycles. The normalized spacial score (nSPS) is 21.6. The number of pyridine rings is 1. The number of rotatable bonds is 8. The van der Waals surface area contributed by atoms with Crippen molar-refractivity contribution in [3.8, 4) is 11.5 Å². The summed E-state index contributed by atoms with van der Waals surface area (Å²) in [5.41, 5.74) is 5.40. The fraction of sp³-hybridized carbons (Fsp3) is 0.471. The molecule has 1 aliphatic carbocycles. The summed E-state index contributed by atoms with van der Waals surface area (Å²) in [5.74, 6) is 1.54. The minimum Gasteiger partial charge on any atom is -0.486 e. The highest BCUT2D eigenvalue weighted by Gasteiger charge is 2.35. The average molecular weight is 590 g/mol. The fourth-order valence-corrected chi connectivity index (χ4v) is 6.99. The Hall–Kier alpha value is -3.29. The number of ether oxygens (including phenoxy) is 2. The van der Waals surface area contributed by atoms with Gasteiger partial charge in [0.25, 0.3) is 0 Å². The molecule has 3 aliphatic rings. The summed E-state index contributed by atoms with van der Waals surface area (Å²) in [7, 11) is 2.09. The maximum atomic E-state index is 12.2. The zero-order valence-electron chi connectivity index (χ0n) is 24.5. The number of carbonyl (C=O) groups is 1. The molecule has 0 unspecified atom stereocenters. The number of aliphatic carboxylic acids is 1. The first kappa shape index (κ1) is 28.8. The average Bonchev–Trinajstić information content (AvgIpc) is 3.44. The topological polar surface area (TPSA) is 75.1 Å². The minimum atomic E-state index is -0.722. The number of benzene rings is 2. The maximum Gasteiger partial charge on any atom is 0.321 e. The molecular weight excluding hydrogens is 550 g/mol. The smallest absolute Gasteiger partial charge is 0.321 e. The van der Waals surface area contributed by atoms with E-state index in [2.05, 4.69) is 53.0 Å². The number of anilines is 1. The standard InChI is InChI=1S/C34H40ClN3O4/c1-3-31(25-14-27(35)19-36-18-25)41-28-10-8-23(9-11-28)32-12-13-37(2)29-15-24-16-30(34(39)40)38(20-22-6-4-5-7-22)21-26(24)17-33(29)42-32/h8-11,14-15,17-19,22,30-32H,3-7,12-13,16,20-21H2,1-2H3,(H,39,40)/t30-,31+,32+/m0/s1. The Labute approximate surface area is 253 Å². The Balaban J connectivity index is 1.20. The van der Waals surface area contributed by atoms with Gasteiger partial charge in [-0.05, 0) is 78.6 Å². The highest BCUT2D eigenvalue weighted by molar-refractivity contribution is 6.30. The molecule has 0 spiro atoms. The van der Waals surface area contributed by atoms with E-state index in [0.29, 0.717) is 23.9 Å². The van der Waals surface area contributed by atoms with E-state index in [-0.39, 0.29) is 12.2 Å². The molecule has 0 radical (unpaired) electrons. The molecule has 1 saturated carbocycles. The molecule has 222 valence electrons. The van der Waals surface area contributed by atoms with Gasteiger partial charge in [-0.15, -0.1) is 0 Å². The van der Waals surface area contributed by atoms with Crippen LogP contribution in [0.3, 0.4) is 0 Å². The predicted octanol–water partition coefficient (Wildman–Crippen LogP) is 7.23. The van der Waals surface area contributed by atoms with Crippen molar-refractivity contribution in [1.82, 2.24) is 9.88 Å². The maximum absolute atomic E-state index is 12.2. The van der Waals surface area contributed by atoms with Crippen LogP contribution in [0.25, 0.3) is 0 Å². The molecule has 3 aromatic rings. The molecule has 6 rings (SSSR count). The quantitative estimate of drug-likeness (QED) is 0.297. The lowest BCUT2D eigenvalue weighted by molar-refractivity contribution is -0.144. The summed E-state index contributed by atoms with van der Waals surface area (Å²) in [6.07, 6.45) is 10.3. The van der Waals surface area contributed by atoms with Crippen LogP contribution in [-0.4, -0.2) is 47.1 Å². The van der Waals surface area contributed by atoms with Gasteiger partial charge in [-0.25, -0.2) is 0 Å². The van der Waals surface area contributed by atoms with Crippen LogP contribution in [0.4, 0.5) is 5.69 Å². The second kappa shape index (κ2) is 12.5. The van der Waals surface area contributed by atoms with E-state index in [0.717, 1.165) is 59.8 Å². The van der Waals surface area contributed by atoms with E-state index in [4.69, 9.17) is 21.1 Å². The molecule has 1 N–H and O–H groups in total. The Morgan fingerprint density at radius 2 is 1.90 bits per heavy atom. The van der Waals surface area contributed by atoms with Gasteiger partial charge in [0, 0.05) is 51.1 Å². The summed E-state index contributed by atoms with van der Waals surface area (Å²) in [6.45, 7) is 4.44. The lowest BCUT2D eigenvalue weighted by Crippen LogP contribution is -2.47. The molecule has 0 amide bonds. The van der Waals surface area contributed by atoms with E-state index < -0.39 is 12.0 Å². The molecule has 2 aromatic carbocycles. The summed E-state index contributed by atoms with van der Waals surface area (Å²) in [5, 5.41) is 10.7. The van der Waals surface area contributed by atoms with Crippen LogP contribution in [0, 0.1) is 5.92 Å². The molecule has 3 heterocycles. The van der Waals surface area contributed by atoms with Gasteiger partial charge in [0.1, 0.15) is 29.7 Å². The molecule has 1 fully saturated rings. The highest BCUT2D eigenvalue weighted by Crippen LogP contribution is 2.41. The van der Waals surface area contributed by atoms with Crippen LogP contribution in [0.1, 0.15) is 79.9 Å². The number of carboxylic acids is 1. The van der Waals surface area contributed by atoms with Crippen molar-refractivity contribution >= 4 is 23.3 Å². The van der Waals surface area contributed by atoms with Crippen LogP contribution in [0.15, 0.2) is 54.9 Å². The third-order valence-electron chi connectivity index (χ3n) is 9.17. The van der Waals surface area contributed by atoms with Crippen molar-refractivity contribution in [2.75, 3.05) is 25.0 Å². The van der Waals surface area contributed by atoms with Crippen LogP contribution >= 0.6 is 11.6 Å². The fourth-order valence-electron chi connectivity index (χ4n) is 6.80. The second-order valence-corrected chi connectivity index (χ2v) is 12.5. The third kappa shape index (κ3) is 6.23. The van der Waals surface area contributed by atoms with Crippen LogP contribution in [0.2, 0.25) is 5.02 Å². The minimum absolute atomic E-state index is 0.0927. The lowest BCUT2D eigenvalue weighted by Gasteiger charge is -2.36. The van der Waals surface area contributed by atoms with Crippen molar-refractivity contribution < 1.29 is 19.4 Å². The van der Waals surface area contributed by atoms with Crippen molar-refractivity contribution in [3.63, 3.8) is 0 Å². The van der Waals surface area contributed by atoms with Gasteiger partial charge in [0.15, 0.2) is 0 Å². The van der Waals surface area contributed by atoms with Gasteiger partial charge in [0.2, 0.25) is 0 Å². The molecule has 7 nitrogen and oxygen atoms in total. The van der Waals surface area contributed by atoms with E-state index >= 15 is 0 Å². The molecular formula is C34H40ClN3O4. The first-order valence-corrected chi connectivity index (χ1v) is 15.6. The van der Waals surface area contributed by atoms with Crippen LogP contribution in [-0.2, 0) is 17.8 Å². The summed E-state index contributed by atoms with van der Waals surface area (Å²) >= 11 is 6.15. The Morgan fingerprint density at radius 3 is 2.62 bits per heavy atom. The van der Waals surface area contributed by atoms with E-state index in [1.807, 2.05) is 18.2 Å². The monoisotopic (exact) mass is 589 g/mol. The Bertz CT molecular complexity index is 1410. The zero-order valence-corrected chi connectivity index (χ0v) is 25.2. The first-order valence-electron chi connectivity index (χ1n) is 15.3. The lowest BCUT2D eigenvalue weighted by atomic mass is 9.91. The molecule has 0 saturated heterocycles. The number of hydrogen-bond donors (Lipinski definition) is 1. The molecule has 3 atom stereocenters. The summed E-state index contributed by atoms with van der Waals surface area (Å²) < 4.78 is 13.0. The summed E-state index contributed by atoms with van der Waals surface area (Å²) in [4.78, 5) is 20.9. The number of nitrogens with zero attached hydrogens (tertiary/aromatic N) is 3. The number of fused-ring (bicyclic) bond motifs is 2.